The van der Waals surface area contributed by atoms with Crippen molar-refractivity contribution >= 4 is 5.91 Å². The van der Waals surface area contributed by atoms with Gasteiger partial charge in [0.15, 0.2) is 0 Å². The Hall–Kier alpha value is -1.49. The fourth-order valence-electron chi connectivity index (χ4n) is 2.26. The van der Waals surface area contributed by atoms with Gasteiger partial charge in [0.1, 0.15) is 0 Å². The monoisotopic (exact) mass is 249 g/mol. The third-order valence-electron chi connectivity index (χ3n) is 3.38. The molecule has 0 aliphatic heterocycles. The Morgan fingerprint density at radius 2 is 1.94 bits per heavy atom. The number of hydrogen-bond donors (Lipinski definition) is 2. The van der Waals surface area contributed by atoms with Gasteiger partial charge >= 0.3 is 0 Å². The molecule has 1 fully saturated rings. The fraction of sp³-hybridized carbons (Fsp3) is 0.615. The number of carbonyl (C=O) groups excluding carboxylic acids is 1. The van der Waals surface area contributed by atoms with Crippen LogP contribution in [0.25, 0.3) is 0 Å². The quantitative estimate of drug-likeness (QED) is 0.823. The maximum Gasteiger partial charge on any atom is 0.253 e. The van der Waals surface area contributed by atoms with Crippen molar-refractivity contribution in [3.05, 3.63) is 23.0 Å². The molecule has 0 atom stereocenters. The first-order valence-corrected chi connectivity index (χ1v) is 6.36. The van der Waals surface area contributed by atoms with E-state index in [1.807, 2.05) is 6.92 Å². The molecule has 18 heavy (non-hydrogen) atoms. The smallest absolute Gasteiger partial charge is 0.253 e. The van der Waals surface area contributed by atoms with E-state index in [1.165, 1.54) is 0 Å². The van der Waals surface area contributed by atoms with Crippen LogP contribution in [0, 0.1) is 13.8 Å². The van der Waals surface area contributed by atoms with E-state index < -0.39 is 0 Å². The molecule has 5 heteroatoms. The van der Waals surface area contributed by atoms with Crippen LogP contribution < -0.4 is 5.32 Å². The van der Waals surface area contributed by atoms with E-state index in [0.29, 0.717) is 11.3 Å². The highest BCUT2D eigenvalue weighted by molar-refractivity contribution is 5.95. The Kier molecular flexibility index (Phi) is 3.91. The number of aryl methyl sites for hydroxylation is 2. The Labute approximate surface area is 107 Å². The molecule has 98 valence electrons. The van der Waals surface area contributed by atoms with Crippen molar-refractivity contribution in [3.8, 4) is 0 Å². The summed E-state index contributed by atoms with van der Waals surface area (Å²) in [6.07, 6.45) is 2.99. The second kappa shape index (κ2) is 5.44. The molecule has 2 rings (SSSR count). The zero-order valence-electron chi connectivity index (χ0n) is 10.8. The van der Waals surface area contributed by atoms with E-state index in [9.17, 15) is 9.90 Å². The second-order valence-electron chi connectivity index (χ2n) is 4.96. The summed E-state index contributed by atoms with van der Waals surface area (Å²) in [5.74, 6) is -0.0908. The number of aromatic nitrogens is 2. The second-order valence-corrected chi connectivity index (χ2v) is 4.96. The third kappa shape index (κ3) is 3.04. The molecular weight excluding hydrogens is 230 g/mol. The molecule has 0 unspecified atom stereocenters. The SMILES string of the molecule is Cc1cc(C(=O)NC2CCC(O)CC2)c(C)nn1. The maximum atomic E-state index is 12.1. The first-order valence-electron chi connectivity index (χ1n) is 6.36. The third-order valence-corrected chi connectivity index (χ3v) is 3.38. The van der Waals surface area contributed by atoms with Gasteiger partial charge in [-0.1, -0.05) is 0 Å². The fourth-order valence-corrected chi connectivity index (χ4v) is 2.26. The van der Waals surface area contributed by atoms with Crippen LogP contribution in [0.2, 0.25) is 0 Å². The summed E-state index contributed by atoms with van der Waals surface area (Å²) in [6, 6.07) is 1.92. The molecule has 1 aliphatic rings. The zero-order valence-corrected chi connectivity index (χ0v) is 10.8. The van der Waals surface area contributed by atoms with Crippen LogP contribution in [0.15, 0.2) is 6.07 Å². The molecule has 1 aliphatic carbocycles. The molecule has 5 nitrogen and oxygen atoms in total. The average molecular weight is 249 g/mol. The molecule has 0 radical (unpaired) electrons. The van der Waals surface area contributed by atoms with Crippen molar-refractivity contribution in [1.82, 2.24) is 15.5 Å². The van der Waals surface area contributed by atoms with Gasteiger partial charge in [0, 0.05) is 6.04 Å². The van der Waals surface area contributed by atoms with Gasteiger partial charge in [-0.25, -0.2) is 0 Å². The topological polar surface area (TPSA) is 75.1 Å². The highest BCUT2D eigenvalue weighted by atomic mass is 16.3. The number of nitrogens with one attached hydrogen (secondary N) is 1. The van der Waals surface area contributed by atoms with Crippen LogP contribution in [-0.4, -0.2) is 33.4 Å². The lowest BCUT2D eigenvalue weighted by molar-refractivity contribution is 0.0866. The summed E-state index contributed by atoms with van der Waals surface area (Å²) in [7, 11) is 0. The minimum Gasteiger partial charge on any atom is -0.393 e. The van der Waals surface area contributed by atoms with E-state index in [-0.39, 0.29) is 18.1 Å². The Morgan fingerprint density at radius 1 is 1.28 bits per heavy atom. The standard InChI is InChI=1S/C13H19N3O2/c1-8-7-12(9(2)16-15-8)13(18)14-10-3-5-11(17)6-4-10/h7,10-11,17H,3-6H2,1-2H3,(H,14,18). The molecule has 0 bridgehead atoms. The molecule has 1 amide bonds. The molecule has 1 aromatic rings. The Bertz CT molecular complexity index is 440. The summed E-state index contributed by atoms with van der Waals surface area (Å²) in [4.78, 5) is 12.1. The molecule has 1 saturated carbocycles. The molecule has 2 N–H and O–H groups in total. The molecule has 1 heterocycles. The molecule has 0 spiro atoms. The molecule has 0 saturated heterocycles. The lowest BCUT2D eigenvalue weighted by Gasteiger charge is -2.26. The van der Waals surface area contributed by atoms with Gasteiger partial charge in [-0.2, -0.15) is 10.2 Å². The summed E-state index contributed by atoms with van der Waals surface area (Å²) >= 11 is 0. The summed E-state index contributed by atoms with van der Waals surface area (Å²) in [5, 5.41) is 20.3. The van der Waals surface area contributed by atoms with Gasteiger partial charge < -0.3 is 10.4 Å². The summed E-state index contributed by atoms with van der Waals surface area (Å²) < 4.78 is 0. The van der Waals surface area contributed by atoms with Crippen LogP contribution in [0.3, 0.4) is 0 Å². The minimum absolute atomic E-state index is 0.0908. The largest absolute Gasteiger partial charge is 0.393 e. The van der Waals surface area contributed by atoms with Gasteiger partial charge in [-0.3, -0.25) is 4.79 Å². The van der Waals surface area contributed by atoms with Crippen LogP contribution in [0.4, 0.5) is 0 Å². The van der Waals surface area contributed by atoms with E-state index in [0.717, 1.165) is 31.4 Å². The molecule has 0 aromatic carbocycles. The number of carbonyl (C=O) groups is 1. The number of aliphatic hydroxyl groups excluding tert-OH is 1. The Morgan fingerprint density at radius 3 is 2.61 bits per heavy atom. The van der Waals surface area contributed by atoms with Crippen LogP contribution in [0.5, 0.6) is 0 Å². The Balaban J connectivity index is 2.01. The first kappa shape index (κ1) is 13.0. The highest BCUT2D eigenvalue weighted by Crippen LogP contribution is 2.19. The van der Waals surface area contributed by atoms with E-state index >= 15 is 0 Å². The average Bonchev–Trinajstić information content (AvgIpc) is 2.35. The van der Waals surface area contributed by atoms with E-state index in [4.69, 9.17) is 0 Å². The lowest BCUT2D eigenvalue weighted by Crippen LogP contribution is -2.39. The highest BCUT2D eigenvalue weighted by Gasteiger charge is 2.22. The predicted octanol–water partition coefficient (Wildman–Crippen LogP) is 1.13. The van der Waals surface area contributed by atoms with Gasteiger partial charge in [-0.05, 0) is 45.6 Å². The predicted molar refractivity (Wildman–Crippen MR) is 67.2 cm³/mol. The number of amides is 1. The summed E-state index contributed by atoms with van der Waals surface area (Å²) in [5.41, 5.74) is 1.98. The van der Waals surface area contributed by atoms with Crippen molar-refractivity contribution < 1.29 is 9.90 Å². The van der Waals surface area contributed by atoms with Crippen molar-refractivity contribution in [2.45, 2.75) is 51.7 Å². The van der Waals surface area contributed by atoms with E-state index in [2.05, 4.69) is 15.5 Å². The number of nitrogens with zero attached hydrogens (tertiary/aromatic N) is 2. The van der Waals surface area contributed by atoms with Crippen LogP contribution in [-0.2, 0) is 0 Å². The summed E-state index contributed by atoms with van der Waals surface area (Å²) in [6.45, 7) is 3.60. The van der Waals surface area contributed by atoms with Crippen molar-refractivity contribution in [2.75, 3.05) is 0 Å². The van der Waals surface area contributed by atoms with Crippen molar-refractivity contribution in [1.29, 1.82) is 0 Å². The lowest BCUT2D eigenvalue weighted by atomic mass is 9.93. The molecule has 1 aromatic heterocycles. The zero-order chi connectivity index (χ0) is 13.1. The normalized spacial score (nSPS) is 23.7. The van der Waals surface area contributed by atoms with Crippen LogP contribution in [0.1, 0.15) is 47.4 Å². The van der Waals surface area contributed by atoms with Crippen molar-refractivity contribution in [3.63, 3.8) is 0 Å². The number of rotatable bonds is 2. The molecular formula is C13H19N3O2. The minimum atomic E-state index is -0.204. The van der Waals surface area contributed by atoms with Crippen molar-refractivity contribution in [2.24, 2.45) is 0 Å². The first-order chi connectivity index (χ1) is 8.56. The van der Waals surface area contributed by atoms with E-state index in [1.54, 1.807) is 13.0 Å². The number of hydrogen-bond acceptors (Lipinski definition) is 4. The van der Waals surface area contributed by atoms with Gasteiger partial charge in [-0.15, -0.1) is 0 Å². The van der Waals surface area contributed by atoms with Gasteiger partial charge in [0.25, 0.3) is 5.91 Å². The van der Waals surface area contributed by atoms with Crippen LogP contribution >= 0.6 is 0 Å². The number of aliphatic hydroxyl groups is 1. The van der Waals surface area contributed by atoms with Gasteiger partial charge in [0.2, 0.25) is 0 Å². The maximum absolute atomic E-state index is 12.1. The van der Waals surface area contributed by atoms with Gasteiger partial charge in [0.05, 0.1) is 23.1 Å².